The van der Waals surface area contributed by atoms with E-state index in [9.17, 15) is 9.59 Å². The summed E-state index contributed by atoms with van der Waals surface area (Å²) in [7, 11) is 4.55. The zero-order chi connectivity index (χ0) is 21.4. The molecule has 156 valence electrons. The molecule has 7 nitrogen and oxygen atoms in total. The van der Waals surface area contributed by atoms with Gasteiger partial charge in [0, 0.05) is 17.4 Å². The van der Waals surface area contributed by atoms with Crippen molar-refractivity contribution < 1.29 is 28.5 Å². The fourth-order valence-corrected chi connectivity index (χ4v) is 4.14. The molecule has 0 saturated carbocycles. The lowest BCUT2D eigenvalue weighted by molar-refractivity contribution is -0.136. The van der Waals surface area contributed by atoms with Crippen molar-refractivity contribution in [3.8, 4) is 17.2 Å². The maximum absolute atomic E-state index is 13.2. The third-order valence-corrected chi connectivity index (χ3v) is 5.51. The van der Waals surface area contributed by atoms with Gasteiger partial charge in [-0.3, -0.25) is 9.69 Å². The third kappa shape index (κ3) is 3.25. The molecule has 1 unspecified atom stereocenters. The Balaban J connectivity index is 1.85. The molecule has 30 heavy (non-hydrogen) atoms. The van der Waals surface area contributed by atoms with Crippen molar-refractivity contribution in [1.82, 2.24) is 0 Å². The second kappa shape index (κ2) is 7.91. The van der Waals surface area contributed by atoms with Gasteiger partial charge in [0.25, 0.3) is 0 Å². The van der Waals surface area contributed by atoms with Gasteiger partial charge in [-0.15, -0.1) is 0 Å². The molecular weight excluding hydrogens is 410 g/mol. The van der Waals surface area contributed by atoms with Gasteiger partial charge in [-0.25, -0.2) is 4.79 Å². The Kier molecular flexibility index (Phi) is 5.30. The molecule has 0 aromatic heterocycles. The lowest BCUT2D eigenvalue weighted by Crippen LogP contribution is -2.37. The largest absolute Gasteiger partial charge is 0.493 e. The summed E-state index contributed by atoms with van der Waals surface area (Å²) in [5.41, 5.74) is 2.28. The summed E-state index contributed by atoms with van der Waals surface area (Å²) in [4.78, 5) is 27.3. The number of cyclic esters (lactones) is 1. The topological polar surface area (TPSA) is 74.3 Å². The van der Waals surface area contributed by atoms with Gasteiger partial charge in [-0.05, 0) is 35.9 Å². The summed E-state index contributed by atoms with van der Waals surface area (Å²) >= 11 is 6.11. The predicted octanol–water partition coefficient (Wildman–Crippen LogP) is 3.70. The summed E-state index contributed by atoms with van der Waals surface area (Å²) in [6, 6.07) is 10.5. The summed E-state index contributed by atoms with van der Waals surface area (Å²) in [5.74, 6) is 0.243. The standard InChI is InChI=1S/C22H20ClNO6/c1-27-17-7-12(8-18(28-2)21(17)29-3)15-10-19(25)24(14-6-4-5-13(23)9-14)16-11-30-22(26)20(15)16/h4-9,15H,10-11H2,1-3H3. The number of esters is 1. The maximum Gasteiger partial charge on any atom is 0.336 e. The molecular formula is C22H20ClNO6. The number of anilines is 1. The van der Waals surface area contributed by atoms with Crippen LogP contribution < -0.4 is 19.1 Å². The summed E-state index contributed by atoms with van der Waals surface area (Å²) < 4.78 is 21.6. The van der Waals surface area contributed by atoms with Crippen LogP contribution in [0.15, 0.2) is 47.7 Å². The van der Waals surface area contributed by atoms with Crippen molar-refractivity contribution in [2.45, 2.75) is 12.3 Å². The van der Waals surface area contributed by atoms with Crippen LogP contribution in [0.1, 0.15) is 17.9 Å². The number of amides is 1. The molecule has 8 heteroatoms. The van der Waals surface area contributed by atoms with E-state index in [2.05, 4.69) is 0 Å². The van der Waals surface area contributed by atoms with Crippen molar-refractivity contribution in [3.05, 3.63) is 58.3 Å². The Morgan fingerprint density at radius 3 is 2.33 bits per heavy atom. The Morgan fingerprint density at radius 2 is 1.73 bits per heavy atom. The molecule has 2 aromatic carbocycles. The van der Waals surface area contributed by atoms with Crippen molar-refractivity contribution in [2.75, 3.05) is 32.8 Å². The van der Waals surface area contributed by atoms with Gasteiger partial charge in [0.1, 0.15) is 6.61 Å². The second-order valence-corrected chi connectivity index (χ2v) is 7.30. The van der Waals surface area contributed by atoms with Gasteiger partial charge in [-0.2, -0.15) is 0 Å². The quantitative estimate of drug-likeness (QED) is 0.675. The number of nitrogens with zero attached hydrogens (tertiary/aromatic N) is 1. The first kappa shape index (κ1) is 20.1. The number of rotatable bonds is 5. The highest BCUT2D eigenvalue weighted by atomic mass is 35.5. The van der Waals surface area contributed by atoms with E-state index in [1.165, 1.54) is 26.2 Å². The molecule has 2 heterocycles. The van der Waals surface area contributed by atoms with Crippen LogP contribution in [0.5, 0.6) is 17.2 Å². The van der Waals surface area contributed by atoms with Crippen LogP contribution >= 0.6 is 11.6 Å². The average Bonchev–Trinajstić information content (AvgIpc) is 3.13. The number of methoxy groups -OCH3 is 3. The maximum atomic E-state index is 13.2. The highest BCUT2D eigenvalue weighted by Gasteiger charge is 2.43. The van der Waals surface area contributed by atoms with E-state index in [-0.39, 0.29) is 18.9 Å². The van der Waals surface area contributed by atoms with Crippen LogP contribution in [0.4, 0.5) is 5.69 Å². The van der Waals surface area contributed by atoms with E-state index in [4.69, 9.17) is 30.5 Å². The fraction of sp³-hybridized carbons (Fsp3) is 0.273. The Bertz CT molecular complexity index is 1040. The van der Waals surface area contributed by atoms with Crippen LogP contribution in [0.25, 0.3) is 0 Å². The van der Waals surface area contributed by atoms with Crippen LogP contribution in [-0.2, 0) is 14.3 Å². The van der Waals surface area contributed by atoms with Gasteiger partial charge in [-0.1, -0.05) is 17.7 Å². The van der Waals surface area contributed by atoms with E-state index in [1.807, 2.05) is 0 Å². The van der Waals surface area contributed by atoms with Crippen LogP contribution in [0.2, 0.25) is 5.02 Å². The zero-order valence-electron chi connectivity index (χ0n) is 16.7. The molecule has 0 aliphatic carbocycles. The molecule has 2 aliphatic rings. The van der Waals surface area contributed by atoms with Crippen LogP contribution in [0.3, 0.4) is 0 Å². The summed E-state index contributed by atoms with van der Waals surface area (Å²) in [5, 5.41) is 0.499. The molecule has 2 aliphatic heterocycles. The molecule has 4 rings (SSSR count). The van der Waals surface area contributed by atoms with Gasteiger partial charge in [0.2, 0.25) is 11.7 Å². The Hall–Kier alpha value is -3.19. The predicted molar refractivity (Wildman–Crippen MR) is 110 cm³/mol. The first-order valence-electron chi connectivity index (χ1n) is 9.27. The SMILES string of the molecule is COc1cc(C2CC(=O)N(c3cccc(Cl)c3)C3=C2C(=O)OC3)cc(OC)c1OC. The average molecular weight is 430 g/mol. The van der Waals surface area contributed by atoms with E-state index >= 15 is 0 Å². The van der Waals surface area contributed by atoms with Gasteiger partial charge < -0.3 is 18.9 Å². The molecule has 2 aromatic rings. The number of hydrogen-bond acceptors (Lipinski definition) is 6. The normalized spacial score (nSPS) is 18.3. The Morgan fingerprint density at radius 1 is 1.03 bits per heavy atom. The summed E-state index contributed by atoms with van der Waals surface area (Å²) in [6.07, 6.45) is 0.0824. The van der Waals surface area contributed by atoms with E-state index in [1.54, 1.807) is 36.4 Å². The molecule has 0 radical (unpaired) electrons. The minimum absolute atomic E-state index is 0.0212. The van der Waals surface area contributed by atoms with Gasteiger partial charge in [0.05, 0.1) is 38.3 Å². The molecule has 1 amide bonds. The van der Waals surface area contributed by atoms with Crippen molar-refractivity contribution >= 4 is 29.2 Å². The summed E-state index contributed by atoms with van der Waals surface area (Å²) in [6.45, 7) is 0.0212. The van der Waals surface area contributed by atoms with Crippen molar-refractivity contribution in [2.24, 2.45) is 0 Å². The number of carbonyl (C=O) groups excluding carboxylic acids is 2. The first-order valence-corrected chi connectivity index (χ1v) is 9.64. The monoisotopic (exact) mass is 429 g/mol. The second-order valence-electron chi connectivity index (χ2n) is 6.86. The molecule has 0 N–H and O–H groups in total. The van der Waals surface area contributed by atoms with Gasteiger partial charge in [0.15, 0.2) is 11.5 Å². The number of ether oxygens (including phenoxy) is 4. The molecule has 0 fully saturated rings. The molecule has 0 bridgehead atoms. The fourth-order valence-electron chi connectivity index (χ4n) is 3.96. The van der Waals surface area contributed by atoms with Crippen LogP contribution in [0, 0.1) is 0 Å². The van der Waals surface area contributed by atoms with E-state index in [0.29, 0.717) is 44.8 Å². The highest BCUT2D eigenvalue weighted by Crippen LogP contribution is 2.46. The van der Waals surface area contributed by atoms with Gasteiger partial charge >= 0.3 is 5.97 Å². The minimum atomic E-state index is -0.494. The smallest absolute Gasteiger partial charge is 0.336 e. The lowest BCUT2D eigenvalue weighted by Gasteiger charge is -2.32. The molecule has 0 saturated heterocycles. The Labute approximate surface area is 178 Å². The lowest BCUT2D eigenvalue weighted by atomic mass is 9.83. The van der Waals surface area contributed by atoms with Crippen LogP contribution in [-0.4, -0.2) is 39.8 Å². The number of hydrogen-bond donors (Lipinski definition) is 0. The number of halogens is 1. The zero-order valence-corrected chi connectivity index (χ0v) is 17.5. The molecule has 0 spiro atoms. The number of carbonyl (C=O) groups is 2. The van der Waals surface area contributed by atoms with Crippen molar-refractivity contribution in [3.63, 3.8) is 0 Å². The van der Waals surface area contributed by atoms with Crippen molar-refractivity contribution in [1.29, 1.82) is 0 Å². The first-order chi connectivity index (χ1) is 14.5. The minimum Gasteiger partial charge on any atom is -0.493 e. The van der Waals surface area contributed by atoms with E-state index < -0.39 is 11.9 Å². The molecule has 1 atom stereocenters. The third-order valence-electron chi connectivity index (χ3n) is 5.27. The number of benzene rings is 2. The van der Waals surface area contributed by atoms with E-state index in [0.717, 1.165) is 0 Å². The highest BCUT2D eigenvalue weighted by molar-refractivity contribution is 6.31.